The first-order valence-corrected chi connectivity index (χ1v) is 14.1. The van der Waals surface area contributed by atoms with E-state index in [0.717, 1.165) is 11.1 Å². The minimum Gasteiger partial charge on any atom is -0.497 e. The largest absolute Gasteiger partial charge is 0.497 e. The van der Waals surface area contributed by atoms with Gasteiger partial charge in [0.25, 0.3) is 17.5 Å². The Hall–Kier alpha value is -4.42. The first kappa shape index (κ1) is 29.6. The molecule has 4 rings (SSSR count). The van der Waals surface area contributed by atoms with E-state index in [2.05, 4.69) is 15.0 Å². The number of aliphatic hydroxyl groups is 1. The summed E-state index contributed by atoms with van der Waals surface area (Å²) in [5.41, 5.74) is 1.65. The Labute approximate surface area is 238 Å². The second kappa shape index (κ2) is 13.3. The Kier molecular flexibility index (Phi) is 9.58. The molecule has 0 saturated heterocycles. The van der Waals surface area contributed by atoms with E-state index in [-0.39, 0.29) is 53.8 Å². The van der Waals surface area contributed by atoms with E-state index in [0.29, 0.717) is 11.5 Å². The van der Waals surface area contributed by atoms with Crippen LogP contribution in [0.2, 0.25) is 0 Å². The van der Waals surface area contributed by atoms with Crippen molar-refractivity contribution in [3.63, 3.8) is 0 Å². The molecule has 2 aromatic heterocycles. The smallest absolute Gasteiger partial charge is 0.358 e. The van der Waals surface area contributed by atoms with E-state index >= 15 is 0 Å². The molecular formula is C29H31N3O8S. The lowest BCUT2D eigenvalue weighted by atomic mass is 10.1. The molecule has 11 nitrogen and oxygen atoms in total. The molecule has 2 aromatic carbocycles. The van der Waals surface area contributed by atoms with E-state index in [1.807, 2.05) is 26.0 Å². The third-order valence-corrected chi connectivity index (χ3v) is 6.96. The fourth-order valence-electron chi connectivity index (χ4n) is 3.72. The maximum atomic E-state index is 13.4. The Morgan fingerprint density at radius 3 is 2.32 bits per heavy atom. The van der Waals surface area contributed by atoms with Gasteiger partial charge in [-0.15, -0.1) is 0 Å². The number of nitrogens with zero attached hydrogens (tertiary/aromatic N) is 3. The Morgan fingerprint density at radius 2 is 1.66 bits per heavy atom. The van der Waals surface area contributed by atoms with Crippen LogP contribution in [0.3, 0.4) is 0 Å². The van der Waals surface area contributed by atoms with Crippen molar-refractivity contribution in [2.24, 2.45) is 0 Å². The highest BCUT2D eigenvalue weighted by Crippen LogP contribution is 2.42. The molecule has 0 aliphatic heterocycles. The van der Waals surface area contributed by atoms with Crippen molar-refractivity contribution < 1.29 is 36.7 Å². The molecular weight excluding hydrogens is 550 g/mol. The Morgan fingerprint density at radius 1 is 0.902 bits per heavy atom. The summed E-state index contributed by atoms with van der Waals surface area (Å²) >= 11 is 0. The first-order chi connectivity index (χ1) is 19.7. The number of pyridine rings is 1. The standard InChI is InChI=1S/C29H31N3O8S/c1-19(2)21-12-13-26(30-18-21)41(34,35)40-29-27(39-24-11-6-5-10-23(24)37-4)28(38-15-14-33)31-25(32-29)17-20-8-7-9-22(16-20)36-3/h5-13,16,18-19,33H,14-15,17H2,1-4H3. The fourth-order valence-corrected chi connectivity index (χ4v) is 4.54. The molecule has 0 aliphatic carbocycles. The topological polar surface area (TPSA) is 139 Å². The van der Waals surface area contributed by atoms with Crippen molar-refractivity contribution in [3.8, 4) is 34.8 Å². The van der Waals surface area contributed by atoms with Gasteiger partial charge in [-0.2, -0.15) is 18.4 Å². The summed E-state index contributed by atoms with van der Waals surface area (Å²) in [5.74, 6) is 0.776. The number of ether oxygens (including phenoxy) is 4. The van der Waals surface area contributed by atoms with E-state index < -0.39 is 16.0 Å². The van der Waals surface area contributed by atoms with Gasteiger partial charge in [-0.1, -0.05) is 44.2 Å². The third-order valence-electron chi connectivity index (χ3n) is 5.83. The highest BCUT2D eigenvalue weighted by atomic mass is 32.2. The molecule has 4 aromatic rings. The number of para-hydroxylation sites is 2. The minimum atomic E-state index is -4.46. The first-order valence-electron chi connectivity index (χ1n) is 12.7. The molecule has 12 heteroatoms. The van der Waals surface area contributed by atoms with Gasteiger partial charge in [-0.3, -0.25) is 0 Å². The highest BCUT2D eigenvalue weighted by molar-refractivity contribution is 7.87. The van der Waals surface area contributed by atoms with E-state index in [1.54, 1.807) is 49.6 Å². The van der Waals surface area contributed by atoms with Crippen LogP contribution >= 0.6 is 0 Å². The number of aliphatic hydroxyl groups excluding tert-OH is 1. The predicted molar refractivity (Wildman–Crippen MR) is 150 cm³/mol. The molecule has 41 heavy (non-hydrogen) atoms. The van der Waals surface area contributed by atoms with Gasteiger partial charge < -0.3 is 28.2 Å². The molecule has 0 amide bonds. The number of methoxy groups -OCH3 is 2. The summed E-state index contributed by atoms with van der Waals surface area (Å²) in [5, 5.41) is 9.13. The summed E-state index contributed by atoms with van der Waals surface area (Å²) < 4.78 is 54.7. The van der Waals surface area contributed by atoms with Gasteiger partial charge in [0.15, 0.2) is 16.5 Å². The second-order valence-corrected chi connectivity index (χ2v) is 10.5. The zero-order chi connectivity index (χ0) is 29.4. The lowest BCUT2D eigenvalue weighted by Gasteiger charge is -2.17. The molecule has 0 fully saturated rings. The van der Waals surface area contributed by atoms with Crippen LogP contribution in [0.4, 0.5) is 0 Å². The quantitative estimate of drug-likeness (QED) is 0.223. The molecule has 0 aliphatic rings. The molecule has 1 N–H and O–H groups in total. The number of benzene rings is 2. The van der Waals surface area contributed by atoms with Gasteiger partial charge in [-0.25, -0.2) is 4.98 Å². The SMILES string of the molecule is COc1cccc(Cc2nc(OCCO)c(Oc3ccccc3OC)c(OS(=O)(=O)c3ccc(C(C)C)cn3)n2)c1. The van der Waals surface area contributed by atoms with Crippen LogP contribution in [0, 0.1) is 0 Å². The van der Waals surface area contributed by atoms with E-state index in [1.165, 1.54) is 19.4 Å². The van der Waals surface area contributed by atoms with E-state index in [9.17, 15) is 13.5 Å². The van der Waals surface area contributed by atoms with Crippen molar-refractivity contribution >= 4 is 10.1 Å². The van der Waals surface area contributed by atoms with Crippen LogP contribution in [0.1, 0.15) is 36.7 Å². The molecule has 2 heterocycles. The van der Waals surface area contributed by atoms with Crippen molar-refractivity contribution in [1.82, 2.24) is 15.0 Å². The number of hydrogen-bond acceptors (Lipinski definition) is 11. The van der Waals surface area contributed by atoms with Gasteiger partial charge in [0, 0.05) is 12.6 Å². The van der Waals surface area contributed by atoms with Crippen LogP contribution in [-0.4, -0.2) is 55.9 Å². The van der Waals surface area contributed by atoms with Crippen LogP contribution < -0.4 is 23.1 Å². The van der Waals surface area contributed by atoms with Gasteiger partial charge in [-0.05, 0) is 47.4 Å². The van der Waals surface area contributed by atoms with Crippen LogP contribution in [0.25, 0.3) is 0 Å². The zero-order valence-corrected chi connectivity index (χ0v) is 23.9. The van der Waals surface area contributed by atoms with Gasteiger partial charge in [0.05, 0.1) is 20.8 Å². The summed E-state index contributed by atoms with van der Waals surface area (Å²) in [6, 6.07) is 17.0. The van der Waals surface area contributed by atoms with Gasteiger partial charge in [0.1, 0.15) is 18.2 Å². The van der Waals surface area contributed by atoms with Gasteiger partial charge >= 0.3 is 10.1 Å². The molecule has 0 atom stereocenters. The summed E-state index contributed by atoms with van der Waals surface area (Å²) in [6.45, 7) is 3.47. The average molecular weight is 582 g/mol. The summed E-state index contributed by atoms with van der Waals surface area (Å²) in [4.78, 5) is 13.0. The highest BCUT2D eigenvalue weighted by Gasteiger charge is 2.28. The number of rotatable bonds is 13. The average Bonchev–Trinajstić information content (AvgIpc) is 2.97. The third kappa shape index (κ3) is 7.41. The van der Waals surface area contributed by atoms with Crippen molar-refractivity contribution in [2.45, 2.75) is 31.2 Å². The molecule has 0 radical (unpaired) electrons. The monoisotopic (exact) mass is 581 g/mol. The predicted octanol–water partition coefficient (Wildman–Crippen LogP) is 4.53. The molecule has 0 bridgehead atoms. The van der Waals surface area contributed by atoms with Gasteiger partial charge in [0.2, 0.25) is 0 Å². The lowest BCUT2D eigenvalue weighted by molar-refractivity contribution is 0.191. The zero-order valence-electron chi connectivity index (χ0n) is 23.1. The minimum absolute atomic E-state index is 0.133. The second-order valence-electron chi connectivity index (χ2n) is 9.05. The molecule has 216 valence electrons. The number of aromatic nitrogens is 3. The van der Waals surface area contributed by atoms with Crippen molar-refractivity contribution in [3.05, 3.63) is 83.8 Å². The summed E-state index contributed by atoms with van der Waals surface area (Å²) in [7, 11) is -1.44. The Bertz CT molecular complexity index is 1580. The van der Waals surface area contributed by atoms with E-state index in [4.69, 9.17) is 23.1 Å². The molecule has 0 saturated carbocycles. The van der Waals surface area contributed by atoms with Crippen LogP contribution in [0.5, 0.6) is 34.8 Å². The van der Waals surface area contributed by atoms with Crippen LogP contribution in [0.15, 0.2) is 71.9 Å². The van der Waals surface area contributed by atoms with Crippen LogP contribution in [-0.2, 0) is 16.5 Å². The van der Waals surface area contributed by atoms with Crippen molar-refractivity contribution in [2.75, 3.05) is 27.4 Å². The van der Waals surface area contributed by atoms with Crippen molar-refractivity contribution in [1.29, 1.82) is 0 Å². The lowest BCUT2D eigenvalue weighted by Crippen LogP contribution is -2.15. The fraction of sp³-hybridized carbons (Fsp3) is 0.276. The molecule has 0 spiro atoms. The number of hydrogen-bond donors (Lipinski definition) is 1. The Balaban J connectivity index is 1.82. The maximum absolute atomic E-state index is 13.4. The maximum Gasteiger partial charge on any atom is 0.358 e. The molecule has 0 unspecified atom stereocenters. The summed E-state index contributed by atoms with van der Waals surface area (Å²) in [6.07, 6.45) is 1.66. The normalized spacial score (nSPS) is 11.3.